The third kappa shape index (κ3) is 3.99. The molecule has 2 aliphatic rings. The van der Waals surface area contributed by atoms with Crippen molar-refractivity contribution in [1.82, 2.24) is 0 Å². The van der Waals surface area contributed by atoms with E-state index in [1.807, 2.05) is 0 Å². The Balaban J connectivity index is 1.25. The highest BCUT2D eigenvalue weighted by Gasteiger charge is 2.38. The minimum Gasteiger partial charge on any atom is -0.0795 e. The average molecular weight is 575 g/mol. The van der Waals surface area contributed by atoms with Crippen LogP contribution in [0, 0.1) is 0 Å². The Kier molecular flexibility index (Phi) is 5.77. The largest absolute Gasteiger partial charge is 0.0795 e. The smallest absolute Gasteiger partial charge is 0.0155 e. The SMILES string of the molecule is CC1(C)C2=CCCC=C2c2ccc(-c3cccc(-c4c5ccccc5c(-c5ccc6ccccc6c5)c5ccccc45)c3)cc21. The van der Waals surface area contributed by atoms with Gasteiger partial charge in [0.15, 0.2) is 0 Å². The summed E-state index contributed by atoms with van der Waals surface area (Å²) in [5.74, 6) is 0. The Bertz CT molecular complexity index is 2340. The summed E-state index contributed by atoms with van der Waals surface area (Å²) < 4.78 is 0. The van der Waals surface area contributed by atoms with Crippen LogP contribution in [0.15, 0.2) is 151 Å². The van der Waals surface area contributed by atoms with E-state index >= 15 is 0 Å². The second kappa shape index (κ2) is 9.91. The summed E-state index contributed by atoms with van der Waals surface area (Å²) in [6, 6.07) is 49.8. The maximum absolute atomic E-state index is 2.47. The summed E-state index contributed by atoms with van der Waals surface area (Å²) in [5, 5.41) is 7.68. The Hall–Kier alpha value is -5.20. The van der Waals surface area contributed by atoms with Gasteiger partial charge in [-0.05, 0) is 119 Å². The second-order valence-corrected chi connectivity index (χ2v) is 13.2. The van der Waals surface area contributed by atoms with Gasteiger partial charge >= 0.3 is 0 Å². The van der Waals surface area contributed by atoms with E-state index in [0.717, 1.165) is 12.8 Å². The molecule has 7 aromatic rings. The van der Waals surface area contributed by atoms with Crippen LogP contribution in [-0.2, 0) is 5.41 Å². The van der Waals surface area contributed by atoms with Crippen molar-refractivity contribution in [3.8, 4) is 33.4 Å². The van der Waals surface area contributed by atoms with Crippen molar-refractivity contribution in [3.05, 3.63) is 162 Å². The van der Waals surface area contributed by atoms with Crippen LogP contribution in [0.1, 0.15) is 37.8 Å². The van der Waals surface area contributed by atoms with Crippen LogP contribution in [0.2, 0.25) is 0 Å². The highest BCUT2D eigenvalue weighted by Crippen LogP contribution is 2.52. The third-order valence-corrected chi connectivity index (χ3v) is 10.3. The highest BCUT2D eigenvalue weighted by atomic mass is 14.4. The van der Waals surface area contributed by atoms with E-state index in [2.05, 4.69) is 159 Å². The molecule has 0 heterocycles. The zero-order valence-electron chi connectivity index (χ0n) is 25.8. The Morgan fingerprint density at radius 2 is 1.00 bits per heavy atom. The fourth-order valence-corrected chi connectivity index (χ4v) is 8.09. The molecule has 0 heteroatoms. The molecule has 0 saturated carbocycles. The molecule has 0 saturated heterocycles. The molecule has 0 aromatic heterocycles. The normalized spacial score (nSPS) is 15.2. The third-order valence-electron chi connectivity index (χ3n) is 10.3. The molecule has 0 radical (unpaired) electrons. The number of allylic oxidation sites excluding steroid dienone is 4. The predicted octanol–water partition coefficient (Wildman–Crippen LogP) is 12.5. The van der Waals surface area contributed by atoms with Crippen LogP contribution in [-0.4, -0.2) is 0 Å². The van der Waals surface area contributed by atoms with E-state index in [1.54, 1.807) is 0 Å². The average Bonchev–Trinajstić information content (AvgIpc) is 3.32. The standard InChI is InChI=1S/C45H34/c1-45(2)41-21-10-9-16-35(41)36-25-24-32(28-42(36)45)31-14-11-15-33(27-31)43-37-17-5-7-19-39(37)44(40-20-8-6-18-38(40)43)34-23-22-29-12-3-4-13-30(29)26-34/h3-8,11-28H,9-10H2,1-2H3. The molecule has 9 rings (SSSR count). The summed E-state index contributed by atoms with van der Waals surface area (Å²) in [7, 11) is 0. The fourth-order valence-electron chi connectivity index (χ4n) is 8.09. The molecule has 0 amide bonds. The van der Waals surface area contributed by atoms with Crippen LogP contribution in [0.5, 0.6) is 0 Å². The lowest BCUT2D eigenvalue weighted by atomic mass is 9.80. The molecular weight excluding hydrogens is 540 g/mol. The van der Waals surface area contributed by atoms with Crippen LogP contribution in [0.3, 0.4) is 0 Å². The molecule has 0 bridgehead atoms. The van der Waals surface area contributed by atoms with E-state index in [-0.39, 0.29) is 5.41 Å². The van der Waals surface area contributed by atoms with Crippen LogP contribution >= 0.6 is 0 Å². The van der Waals surface area contributed by atoms with E-state index in [4.69, 9.17) is 0 Å². The van der Waals surface area contributed by atoms with Gasteiger partial charge in [-0.1, -0.05) is 141 Å². The molecule has 45 heavy (non-hydrogen) atoms. The van der Waals surface area contributed by atoms with Crippen molar-refractivity contribution >= 4 is 37.9 Å². The van der Waals surface area contributed by atoms with Gasteiger partial charge in [0, 0.05) is 5.41 Å². The molecule has 0 N–H and O–H groups in total. The lowest BCUT2D eigenvalue weighted by Crippen LogP contribution is -2.15. The van der Waals surface area contributed by atoms with Crippen molar-refractivity contribution in [2.45, 2.75) is 32.1 Å². The van der Waals surface area contributed by atoms with Gasteiger partial charge in [0.2, 0.25) is 0 Å². The Labute approximate surface area is 265 Å². The first-order valence-electron chi connectivity index (χ1n) is 16.2. The monoisotopic (exact) mass is 574 g/mol. The van der Waals surface area contributed by atoms with Crippen molar-refractivity contribution < 1.29 is 0 Å². The first-order chi connectivity index (χ1) is 22.1. The lowest BCUT2D eigenvalue weighted by molar-refractivity contribution is 0.655. The molecular formula is C45H34. The minimum atomic E-state index is 0.0280. The summed E-state index contributed by atoms with van der Waals surface area (Å²) in [6.45, 7) is 4.78. The van der Waals surface area contributed by atoms with Crippen molar-refractivity contribution in [2.24, 2.45) is 0 Å². The summed E-state index contributed by atoms with van der Waals surface area (Å²) >= 11 is 0. The van der Waals surface area contributed by atoms with E-state index in [9.17, 15) is 0 Å². The lowest BCUT2D eigenvalue weighted by Gasteiger charge is -2.24. The van der Waals surface area contributed by atoms with E-state index in [0.29, 0.717) is 0 Å². The van der Waals surface area contributed by atoms with Crippen LogP contribution in [0.4, 0.5) is 0 Å². The zero-order valence-corrected chi connectivity index (χ0v) is 25.8. The van der Waals surface area contributed by atoms with E-state index < -0.39 is 0 Å². The number of rotatable bonds is 3. The summed E-state index contributed by atoms with van der Waals surface area (Å²) in [5.41, 5.74) is 13.5. The fraction of sp³-hybridized carbons (Fsp3) is 0.111. The second-order valence-electron chi connectivity index (χ2n) is 13.2. The van der Waals surface area contributed by atoms with Crippen molar-refractivity contribution in [3.63, 3.8) is 0 Å². The van der Waals surface area contributed by atoms with Gasteiger partial charge in [-0.15, -0.1) is 0 Å². The molecule has 0 unspecified atom stereocenters. The van der Waals surface area contributed by atoms with Gasteiger partial charge in [0.05, 0.1) is 0 Å². The maximum atomic E-state index is 2.47. The quantitative estimate of drug-likeness (QED) is 0.184. The van der Waals surface area contributed by atoms with E-state index in [1.165, 1.54) is 88.0 Å². The maximum Gasteiger partial charge on any atom is 0.0155 e. The molecule has 0 spiro atoms. The van der Waals surface area contributed by atoms with Crippen LogP contribution in [0.25, 0.3) is 71.3 Å². The van der Waals surface area contributed by atoms with Gasteiger partial charge in [0.25, 0.3) is 0 Å². The Morgan fingerprint density at radius 3 is 1.71 bits per heavy atom. The van der Waals surface area contributed by atoms with Crippen LogP contribution < -0.4 is 0 Å². The van der Waals surface area contributed by atoms with Gasteiger partial charge in [-0.2, -0.15) is 0 Å². The van der Waals surface area contributed by atoms with Gasteiger partial charge in [-0.25, -0.2) is 0 Å². The van der Waals surface area contributed by atoms with Gasteiger partial charge in [-0.3, -0.25) is 0 Å². The summed E-state index contributed by atoms with van der Waals surface area (Å²) in [4.78, 5) is 0. The molecule has 7 aromatic carbocycles. The molecule has 0 fully saturated rings. The Morgan fingerprint density at radius 1 is 0.444 bits per heavy atom. The molecule has 214 valence electrons. The van der Waals surface area contributed by atoms with Crippen molar-refractivity contribution in [2.75, 3.05) is 0 Å². The number of hydrogen-bond donors (Lipinski definition) is 0. The number of benzene rings is 7. The van der Waals surface area contributed by atoms with Gasteiger partial charge in [0.1, 0.15) is 0 Å². The first-order valence-corrected chi connectivity index (χ1v) is 16.2. The minimum absolute atomic E-state index is 0.0280. The van der Waals surface area contributed by atoms with Crippen molar-refractivity contribution in [1.29, 1.82) is 0 Å². The molecule has 0 aliphatic heterocycles. The number of fused-ring (bicyclic) bond motifs is 6. The zero-order chi connectivity index (χ0) is 30.1. The summed E-state index contributed by atoms with van der Waals surface area (Å²) in [6.07, 6.45) is 7.20. The molecule has 2 aliphatic carbocycles. The predicted molar refractivity (Wildman–Crippen MR) is 194 cm³/mol. The number of hydrogen-bond acceptors (Lipinski definition) is 0. The topological polar surface area (TPSA) is 0 Å². The molecule has 0 nitrogen and oxygen atoms in total. The molecule has 0 atom stereocenters. The highest BCUT2D eigenvalue weighted by molar-refractivity contribution is 6.21. The first kappa shape index (κ1) is 26.2. The van der Waals surface area contributed by atoms with Gasteiger partial charge < -0.3 is 0 Å².